The molecule has 2 aromatic carbocycles. The highest BCUT2D eigenvalue weighted by Gasteiger charge is 2.35. The highest BCUT2D eigenvalue weighted by Crippen LogP contribution is 2.42. The molecule has 0 heterocycles. The van der Waals surface area contributed by atoms with Crippen LogP contribution in [-0.2, 0) is 5.60 Å². The summed E-state index contributed by atoms with van der Waals surface area (Å²) in [5.41, 5.74) is 3.58. The van der Waals surface area contributed by atoms with Gasteiger partial charge in [0.25, 0.3) is 5.91 Å². The monoisotopic (exact) mass is 337 g/mol. The van der Waals surface area contributed by atoms with Crippen molar-refractivity contribution in [1.82, 2.24) is 0 Å². The largest absolute Gasteiger partial charge is 0.385 e. The van der Waals surface area contributed by atoms with Gasteiger partial charge in [0.15, 0.2) is 0 Å². The molecule has 1 aliphatic carbocycles. The van der Waals surface area contributed by atoms with Crippen LogP contribution in [0.15, 0.2) is 42.5 Å². The average Bonchev–Trinajstić information content (AvgIpc) is 2.61. The zero-order valence-electron chi connectivity index (χ0n) is 15.4. The number of aryl methyl sites for hydroxylation is 2. The smallest absolute Gasteiger partial charge is 0.258 e. The predicted molar refractivity (Wildman–Crippen MR) is 102 cm³/mol. The standard InChI is InChI=1S/C22H27NO2/c1-16-10-5-6-12-18(16)21(24)23(3)20-17(2)11-9-13-19(20)22(25)14-7-4-8-15-22/h5-6,9-13,25H,4,7-8,14-15H2,1-3H3. The van der Waals surface area contributed by atoms with Gasteiger partial charge in [-0.05, 0) is 43.9 Å². The summed E-state index contributed by atoms with van der Waals surface area (Å²) in [6.07, 6.45) is 4.74. The Morgan fingerprint density at radius 1 is 0.960 bits per heavy atom. The van der Waals surface area contributed by atoms with Crippen LogP contribution in [0.2, 0.25) is 0 Å². The normalized spacial score (nSPS) is 16.5. The lowest BCUT2D eigenvalue weighted by Crippen LogP contribution is -2.34. The van der Waals surface area contributed by atoms with Gasteiger partial charge in [-0.2, -0.15) is 0 Å². The summed E-state index contributed by atoms with van der Waals surface area (Å²) in [7, 11) is 1.81. The van der Waals surface area contributed by atoms with E-state index in [1.54, 1.807) is 4.90 Å². The third kappa shape index (κ3) is 3.34. The number of benzene rings is 2. The van der Waals surface area contributed by atoms with Gasteiger partial charge >= 0.3 is 0 Å². The maximum Gasteiger partial charge on any atom is 0.258 e. The third-order valence-corrected chi connectivity index (χ3v) is 5.44. The van der Waals surface area contributed by atoms with Crippen molar-refractivity contribution in [2.24, 2.45) is 0 Å². The van der Waals surface area contributed by atoms with E-state index in [1.165, 1.54) is 6.42 Å². The fraction of sp³-hybridized carbons (Fsp3) is 0.409. The highest BCUT2D eigenvalue weighted by atomic mass is 16.3. The molecule has 1 saturated carbocycles. The van der Waals surface area contributed by atoms with Crippen LogP contribution in [0, 0.1) is 13.8 Å². The van der Waals surface area contributed by atoms with Crippen LogP contribution in [0.1, 0.15) is 59.2 Å². The number of nitrogens with zero attached hydrogens (tertiary/aromatic N) is 1. The zero-order valence-corrected chi connectivity index (χ0v) is 15.4. The molecule has 1 aliphatic rings. The maximum absolute atomic E-state index is 13.1. The summed E-state index contributed by atoms with van der Waals surface area (Å²) in [6, 6.07) is 13.6. The second kappa shape index (κ2) is 7.01. The van der Waals surface area contributed by atoms with E-state index in [4.69, 9.17) is 0 Å². The fourth-order valence-electron chi connectivity index (χ4n) is 3.98. The van der Waals surface area contributed by atoms with Crippen LogP contribution >= 0.6 is 0 Å². The van der Waals surface area contributed by atoms with Gasteiger partial charge in [-0.1, -0.05) is 55.7 Å². The molecule has 0 radical (unpaired) electrons. The summed E-state index contributed by atoms with van der Waals surface area (Å²) in [4.78, 5) is 14.8. The molecular weight excluding hydrogens is 310 g/mol. The van der Waals surface area contributed by atoms with E-state index in [9.17, 15) is 9.90 Å². The van der Waals surface area contributed by atoms with Gasteiger partial charge in [0.05, 0.1) is 11.3 Å². The van der Waals surface area contributed by atoms with Gasteiger partial charge in [0, 0.05) is 18.2 Å². The molecule has 1 fully saturated rings. The first-order chi connectivity index (χ1) is 11.9. The molecule has 0 aromatic heterocycles. The minimum absolute atomic E-state index is 0.0342. The van der Waals surface area contributed by atoms with Crippen LogP contribution in [0.25, 0.3) is 0 Å². The topological polar surface area (TPSA) is 40.5 Å². The van der Waals surface area contributed by atoms with E-state index in [2.05, 4.69) is 0 Å². The quantitative estimate of drug-likeness (QED) is 0.879. The molecular formula is C22H27NO2. The first-order valence-electron chi connectivity index (χ1n) is 9.10. The number of carbonyl (C=O) groups excluding carboxylic acids is 1. The Bertz CT molecular complexity index is 775. The number of hydrogen-bond acceptors (Lipinski definition) is 2. The number of para-hydroxylation sites is 1. The Morgan fingerprint density at radius 2 is 1.60 bits per heavy atom. The van der Waals surface area contributed by atoms with Crippen LogP contribution in [0.5, 0.6) is 0 Å². The maximum atomic E-state index is 13.1. The first-order valence-corrected chi connectivity index (χ1v) is 9.10. The van der Waals surface area contributed by atoms with Crippen molar-refractivity contribution in [2.75, 3.05) is 11.9 Å². The van der Waals surface area contributed by atoms with E-state index in [0.717, 1.165) is 48.1 Å². The van der Waals surface area contributed by atoms with Gasteiger partial charge in [0.2, 0.25) is 0 Å². The molecule has 1 N–H and O–H groups in total. The molecule has 0 bridgehead atoms. The summed E-state index contributed by atoms with van der Waals surface area (Å²) >= 11 is 0. The van der Waals surface area contributed by atoms with Crippen LogP contribution < -0.4 is 4.90 Å². The number of hydrogen-bond donors (Lipinski definition) is 1. The molecule has 132 valence electrons. The minimum Gasteiger partial charge on any atom is -0.385 e. The summed E-state index contributed by atoms with van der Waals surface area (Å²) in [5.74, 6) is -0.0342. The summed E-state index contributed by atoms with van der Waals surface area (Å²) in [5, 5.41) is 11.3. The van der Waals surface area contributed by atoms with Crippen molar-refractivity contribution in [1.29, 1.82) is 0 Å². The van der Waals surface area contributed by atoms with Crippen molar-refractivity contribution in [3.05, 3.63) is 64.7 Å². The second-order valence-electron chi connectivity index (χ2n) is 7.24. The van der Waals surface area contributed by atoms with E-state index in [0.29, 0.717) is 5.56 Å². The van der Waals surface area contributed by atoms with Crippen molar-refractivity contribution >= 4 is 11.6 Å². The molecule has 0 unspecified atom stereocenters. The van der Waals surface area contributed by atoms with E-state index >= 15 is 0 Å². The fourth-order valence-corrected chi connectivity index (χ4v) is 3.98. The van der Waals surface area contributed by atoms with Crippen molar-refractivity contribution < 1.29 is 9.90 Å². The lowest BCUT2D eigenvalue weighted by atomic mass is 9.78. The summed E-state index contributed by atoms with van der Waals surface area (Å²) in [6.45, 7) is 3.96. The van der Waals surface area contributed by atoms with Gasteiger partial charge < -0.3 is 10.0 Å². The van der Waals surface area contributed by atoms with Gasteiger partial charge in [-0.25, -0.2) is 0 Å². The van der Waals surface area contributed by atoms with Crippen molar-refractivity contribution in [3.8, 4) is 0 Å². The number of aliphatic hydroxyl groups is 1. The molecule has 25 heavy (non-hydrogen) atoms. The number of anilines is 1. The van der Waals surface area contributed by atoms with Crippen LogP contribution in [-0.4, -0.2) is 18.1 Å². The Morgan fingerprint density at radius 3 is 2.28 bits per heavy atom. The average molecular weight is 337 g/mol. The Labute approximate surface area is 150 Å². The lowest BCUT2D eigenvalue weighted by molar-refractivity contribution is -0.000176. The van der Waals surface area contributed by atoms with Gasteiger partial charge in [0.1, 0.15) is 0 Å². The zero-order chi connectivity index (χ0) is 18.0. The lowest BCUT2D eigenvalue weighted by Gasteiger charge is -2.36. The van der Waals surface area contributed by atoms with Crippen LogP contribution in [0.4, 0.5) is 5.69 Å². The molecule has 1 amide bonds. The molecule has 0 spiro atoms. The number of amides is 1. The van der Waals surface area contributed by atoms with E-state index < -0.39 is 5.60 Å². The Kier molecular flexibility index (Phi) is 4.96. The summed E-state index contributed by atoms with van der Waals surface area (Å²) < 4.78 is 0. The van der Waals surface area contributed by atoms with Crippen molar-refractivity contribution in [3.63, 3.8) is 0 Å². The molecule has 0 saturated heterocycles. The molecule has 3 heteroatoms. The molecule has 0 atom stereocenters. The number of rotatable bonds is 3. The molecule has 3 rings (SSSR count). The minimum atomic E-state index is -0.833. The van der Waals surface area contributed by atoms with Gasteiger partial charge in [-0.15, -0.1) is 0 Å². The van der Waals surface area contributed by atoms with Crippen LogP contribution in [0.3, 0.4) is 0 Å². The molecule has 0 aliphatic heterocycles. The first kappa shape index (κ1) is 17.7. The Balaban J connectivity index is 2.04. The van der Waals surface area contributed by atoms with E-state index in [-0.39, 0.29) is 5.91 Å². The SMILES string of the molecule is Cc1ccccc1C(=O)N(C)c1c(C)cccc1C1(O)CCCCC1. The van der Waals surface area contributed by atoms with Crippen molar-refractivity contribution in [2.45, 2.75) is 51.6 Å². The third-order valence-electron chi connectivity index (χ3n) is 5.44. The molecule has 3 nitrogen and oxygen atoms in total. The Hall–Kier alpha value is -2.13. The van der Waals surface area contributed by atoms with Gasteiger partial charge in [-0.3, -0.25) is 4.79 Å². The van der Waals surface area contributed by atoms with E-state index in [1.807, 2.05) is 63.4 Å². The molecule has 2 aromatic rings. The second-order valence-corrected chi connectivity index (χ2v) is 7.24. The highest BCUT2D eigenvalue weighted by molar-refractivity contribution is 6.07. The number of carbonyl (C=O) groups is 1. The predicted octanol–water partition coefficient (Wildman–Crippen LogP) is 4.73.